The number of rotatable bonds is 3. The molecule has 2 aromatic rings. The number of aryl methyl sites for hydroxylation is 1. The van der Waals surface area contributed by atoms with E-state index in [0.29, 0.717) is 11.0 Å². The first kappa shape index (κ1) is 12.5. The SMILES string of the molecule is CCCc1nc(-c2ccncc2)nc(Cl)c1Br. The van der Waals surface area contributed by atoms with Crippen LogP contribution in [0.1, 0.15) is 19.0 Å². The Labute approximate surface area is 113 Å². The van der Waals surface area contributed by atoms with Gasteiger partial charge in [-0.2, -0.15) is 0 Å². The van der Waals surface area contributed by atoms with Crippen molar-refractivity contribution in [2.75, 3.05) is 0 Å². The zero-order valence-corrected chi connectivity index (χ0v) is 11.7. The lowest BCUT2D eigenvalue weighted by atomic mass is 10.2. The maximum atomic E-state index is 6.09. The van der Waals surface area contributed by atoms with Crippen LogP contribution < -0.4 is 0 Å². The number of aromatic nitrogens is 3. The van der Waals surface area contributed by atoms with Crippen LogP contribution in [0, 0.1) is 0 Å². The third kappa shape index (κ3) is 2.82. The van der Waals surface area contributed by atoms with E-state index in [0.717, 1.165) is 28.6 Å². The minimum atomic E-state index is 0.454. The van der Waals surface area contributed by atoms with E-state index in [1.54, 1.807) is 12.4 Å². The van der Waals surface area contributed by atoms with Crippen molar-refractivity contribution in [3.05, 3.63) is 39.8 Å². The highest BCUT2D eigenvalue weighted by Gasteiger charge is 2.11. The van der Waals surface area contributed by atoms with Gasteiger partial charge in [-0.05, 0) is 34.5 Å². The highest BCUT2D eigenvalue weighted by molar-refractivity contribution is 9.10. The van der Waals surface area contributed by atoms with Crippen molar-refractivity contribution in [1.29, 1.82) is 0 Å². The van der Waals surface area contributed by atoms with Gasteiger partial charge in [-0.15, -0.1) is 0 Å². The number of nitrogens with zero attached hydrogens (tertiary/aromatic N) is 3. The monoisotopic (exact) mass is 311 g/mol. The Morgan fingerprint density at radius 3 is 2.59 bits per heavy atom. The molecular formula is C12H11BrClN3. The normalized spacial score (nSPS) is 10.5. The minimum Gasteiger partial charge on any atom is -0.265 e. The molecule has 0 unspecified atom stereocenters. The molecular weight excluding hydrogens is 302 g/mol. The van der Waals surface area contributed by atoms with E-state index < -0.39 is 0 Å². The number of hydrogen-bond donors (Lipinski definition) is 0. The number of pyridine rings is 1. The lowest BCUT2D eigenvalue weighted by Gasteiger charge is -2.07. The van der Waals surface area contributed by atoms with Gasteiger partial charge in [-0.25, -0.2) is 9.97 Å². The van der Waals surface area contributed by atoms with Gasteiger partial charge in [-0.3, -0.25) is 4.98 Å². The standard InChI is InChI=1S/C12H11BrClN3/c1-2-3-9-10(13)11(14)17-12(16-9)8-4-6-15-7-5-8/h4-7H,2-3H2,1H3. The molecule has 5 heteroatoms. The lowest BCUT2D eigenvalue weighted by Crippen LogP contribution is -1.98. The fourth-order valence-corrected chi connectivity index (χ4v) is 2.06. The zero-order valence-electron chi connectivity index (χ0n) is 9.32. The first-order valence-electron chi connectivity index (χ1n) is 5.34. The summed E-state index contributed by atoms with van der Waals surface area (Å²) in [5.41, 5.74) is 1.87. The summed E-state index contributed by atoms with van der Waals surface area (Å²) >= 11 is 9.51. The van der Waals surface area contributed by atoms with Crippen molar-refractivity contribution < 1.29 is 0 Å². The molecule has 0 fully saturated rings. The molecule has 0 aliphatic rings. The van der Waals surface area contributed by atoms with Crippen molar-refractivity contribution in [2.24, 2.45) is 0 Å². The van der Waals surface area contributed by atoms with E-state index in [2.05, 4.69) is 37.8 Å². The van der Waals surface area contributed by atoms with Gasteiger partial charge in [0.1, 0.15) is 5.15 Å². The quantitative estimate of drug-likeness (QED) is 0.807. The van der Waals surface area contributed by atoms with Crippen LogP contribution >= 0.6 is 27.5 Å². The third-order valence-electron chi connectivity index (χ3n) is 2.30. The molecule has 3 nitrogen and oxygen atoms in total. The molecule has 0 radical (unpaired) electrons. The van der Waals surface area contributed by atoms with E-state index in [4.69, 9.17) is 11.6 Å². The summed E-state index contributed by atoms with van der Waals surface area (Å²) in [6.45, 7) is 2.11. The Morgan fingerprint density at radius 2 is 1.94 bits per heavy atom. The Hall–Kier alpha value is -1.00. The lowest BCUT2D eigenvalue weighted by molar-refractivity contribution is 0.868. The molecule has 0 amide bonds. The van der Waals surface area contributed by atoms with Crippen molar-refractivity contribution >= 4 is 27.5 Å². The van der Waals surface area contributed by atoms with E-state index in [-0.39, 0.29) is 0 Å². The van der Waals surface area contributed by atoms with E-state index in [1.807, 2.05) is 12.1 Å². The molecule has 0 aliphatic carbocycles. The summed E-state index contributed by atoms with van der Waals surface area (Å²) in [6, 6.07) is 3.74. The smallest absolute Gasteiger partial charge is 0.161 e. The third-order valence-corrected chi connectivity index (χ3v) is 3.64. The molecule has 0 spiro atoms. The van der Waals surface area contributed by atoms with Crippen LogP contribution in [0.5, 0.6) is 0 Å². The predicted molar refractivity (Wildman–Crippen MR) is 72.0 cm³/mol. The molecule has 0 saturated carbocycles. The summed E-state index contributed by atoms with van der Waals surface area (Å²) in [5, 5.41) is 0.454. The molecule has 88 valence electrons. The molecule has 0 N–H and O–H groups in total. The topological polar surface area (TPSA) is 38.7 Å². The maximum Gasteiger partial charge on any atom is 0.161 e. The molecule has 0 atom stereocenters. The van der Waals surface area contributed by atoms with Gasteiger partial charge in [0.2, 0.25) is 0 Å². The summed E-state index contributed by atoms with van der Waals surface area (Å²) in [4.78, 5) is 12.8. The molecule has 2 aromatic heterocycles. The Bertz CT molecular complexity index is 517. The van der Waals surface area contributed by atoms with Crippen molar-refractivity contribution in [3.8, 4) is 11.4 Å². The zero-order chi connectivity index (χ0) is 12.3. The van der Waals surface area contributed by atoms with Crippen LogP contribution in [-0.2, 0) is 6.42 Å². The van der Waals surface area contributed by atoms with E-state index in [9.17, 15) is 0 Å². The average molecular weight is 313 g/mol. The van der Waals surface area contributed by atoms with Gasteiger partial charge in [0.05, 0.1) is 10.2 Å². The summed E-state index contributed by atoms with van der Waals surface area (Å²) in [7, 11) is 0. The van der Waals surface area contributed by atoms with Gasteiger partial charge in [0.25, 0.3) is 0 Å². The fourth-order valence-electron chi connectivity index (χ4n) is 1.50. The molecule has 2 heterocycles. The second-order valence-electron chi connectivity index (χ2n) is 3.58. The number of halogens is 2. The van der Waals surface area contributed by atoms with Crippen LogP contribution in [0.3, 0.4) is 0 Å². The van der Waals surface area contributed by atoms with Crippen LogP contribution in [-0.4, -0.2) is 15.0 Å². The fraction of sp³-hybridized carbons (Fsp3) is 0.250. The molecule has 2 rings (SSSR count). The van der Waals surface area contributed by atoms with Gasteiger partial charge < -0.3 is 0 Å². The highest BCUT2D eigenvalue weighted by atomic mass is 79.9. The van der Waals surface area contributed by atoms with Crippen LogP contribution in [0.2, 0.25) is 5.15 Å². The highest BCUT2D eigenvalue weighted by Crippen LogP contribution is 2.27. The maximum absolute atomic E-state index is 6.09. The first-order valence-corrected chi connectivity index (χ1v) is 6.51. The second kappa shape index (κ2) is 5.56. The van der Waals surface area contributed by atoms with Gasteiger partial charge in [0.15, 0.2) is 5.82 Å². The summed E-state index contributed by atoms with van der Waals surface area (Å²) < 4.78 is 0.791. The first-order chi connectivity index (χ1) is 8.22. The largest absolute Gasteiger partial charge is 0.265 e. The van der Waals surface area contributed by atoms with E-state index in [1.165, 1.54) is 0 Å². The molecule has 0 aliphatic heterocycles. The predicted octanol–water partition coefficient (Wildman–Crippen LogP) is 3.91. The molecule has 0 bridgehead atoms. The molecule has 17 heavy (non-hydrogen) atoms. The van der Waals surface area contributed by atoms with Crippen LogP contribution in [0.15, 0.2) is 29.0 Å². The van der Waals surface area contributed by atoms with Crippen LogP contribution in [0.4, 0.5) is 0 Å². The van der Waals surface area contributed by atoms with Crippen LogP contribution in [0.25, 0.3) is 11.4 Å². The van der Waals surface area contributed by atoms with Crippen molar-refractivity contribution in [2.45, 2.75) is 19.8 Å². The Kier molecular flexibility index (Phi) is 4.07. The minimum absolute atomic E-state index is 0.454. The van der Waals surface area contributed by atoms with Gasteiger partial charge in [-0.1, -0.05) is 24.9 Å². The van der Waals surface area contributed by atoms with Gasteiger partial charge >= 0.3 is 0 Å². The summed E-state index contributed by atoms with van der Waals surface area (Å²) in [6.07, 6.45) is 5.32. The van der Waals surface area contributed by atoms with Crippen molar-refractivity contribution in [1.82, 2.24) is 15.0 Å². The second-order valence-corrected chi connectivity index (χ2v) is 4.74. The Morgan fingerprint density at radius 1 is 1.24 bits per heavy atom. The Balaban J connectivity index is 2.49. The summed E-state index contributed by atoms with van der Waals surface area (Å²) in [5.74, 6) is 0.643. The van der Waals surface area contributed by atoms with Gasteiger partial charge in [0, 0.05) is 18.0 Å². The average Bonchev–Trinajstić information content (AvgIpc) is 2.36. The van der Waals surface area contributed by atoms with E-state index >= 15 is 0 Å². The molecule has 0 saturated heterocycles. The van der Waals surface area contributed by atoms with Crippen molar-refractivity contribution in [3.63, 3.8) is 0 Å². The molecule has 0 aromatic carbocycles. The number of hydrogen-bond acceptors (Lipinski definition) is 3.